The first-order valence-corrected chi connectivity index (χ1v) is 9.55. The lowest BCUT2D eigenvalue weighted by Crippen LogP contribution is -2.43. The largest absolute Gasteiger partial charge is 0.491 e. The second kappa shape index (κ2) is 10.7. The first kappa shape index (κ1) is 22.6. The molecule has 1 aromatic carbocycles. The number of hydrogen-bond acceptors (Lipinski definition) is 5. The van der Waals surface area contributed by atoms with Crippen LogP contribution in [0.1, 0.15) is 13.3 Å². The highest BCUT2D eigenvalue weighted by Gasteiger charge is 2.46. The monoisotopic (exact) mass is 441 g/mol. The van der Waals surface area contributed by atoms with Crippen LogP contribution in [-0.4, -0.2) is 31.5 Å². The van der Waals surface area contributed by atoms with Crippen LogP contribution in [0.5, 0.6) is 5.75 Å². The molecule has 0 spiro atoms. The van der Waals surface area contributed by atoms with Crippen molar-refractivity contribution in [3.8, 4) is 5.75 Å². The van der Waals surface area contributed by atoms with Crippen molar-refractivity contribution in [2.45, 2.75) is 24.9 Å². The number of aryl methyl sites for hydroxylation is 1. The molecular formula is C19H21Cl2N3O5. The van der Waals surface area contributed by atoms with E-state index in [1.54, 1.807) is 12.5 Å². The summed E-state index contributed by atoms with van der Waals surface area (Å²) >= 11 is 13.4. The maximum absolute atomic E-state index is 8.36. The first-order chi connectivity index (χ1) is 13.9. The van der Waals surface area contributed by atoms with E-state index in [9.17, 15) is 0 Å². The molecule has 0 saturated heterocycles. The lowest BCUT2D eigenvalue weighted by atomic mass is 9.91. The zero-order chi connectivity index (χ0) is 21.3. The van der Waals surface area contributed by atoms with Gasteiger partial charge in [-0.05, 0) is 31.6 Å². The quantitative estimate of drug-likeness (QED) is 0.382. The van der Waals surface area contributed by atoms with Gasteiger partial charge in [0.25, 0.3) is 5.09 Å². The highest BCUT2D eigenvalue weighted by Crippen LogP contribution is 2.44. The lowest BCUT2D eigenvalue weighted by Gasteiger charge is -2.38. The SMILES string of the molecule is CCOC1=C(Cl)C=CC(CCn2ccnc2)C1(Cl)Oc1ccccc1.O=[N+]([O-])O. The molecule has 0 aliphatic heterocycles. The molecule has 1 aliphatic rings. The van der Waals surface area contributed by atoms with Crippen LogP contribution in [0, 0.1) is 16.0 Å². The molecule has 1 aliphatic carbocycles. The highest BCUT2D eigenvalue weighted by molar-refractivity contribution is 6.33. The van der Waals surface area contributed by atoms with E-state index in [2.05, 4.69) is 4.98 Å². The number of alkyl halides is 1. The van der Waals surface area contributed by atoms with Gasteiger partial charge in [-0.1, -0.05) is 47.5 Å². The second-order valence-corrected chi connectivity index (χ2v) is 6.93. The Morgan fingerprint density at radius 1 is 1.38 bits per heavy atom. The van der Waals surface area contributed by atoms with E-state index >= 15 is 0 Å². The second-order valence-electron chi connectivity index (χ2n) is 5.96. The van der Waals surface area contributed by atoms with Gasteiger partial charge in [-0.2, -0.15) is 0 Å². The average Bonchev–Trinajstić information content (AvgIpc) is 3.18. The average molecular weight is 442 g/mol. The zero-order valence-electron chi connectivity index (χ0n) is 15.6. The molecule has 2 atom stereocenters. The van der Waals surface area contributed by atoms with Gasteiger partial charge in [0.2, 0.25) is 5.06 Å². The van der Waals surface area contributed by atoms with Gasteiger partial charge in [-0.15, -0.1) is 10.1 Å². The Hall–Kier alpha value is -2.71. The van der Waals surface area contributed by atoms with Crippen molar-refractivity contribution in [2.24, 2.45) is 5.92 Å². The van der Waals surface area contributed by atoms with Gasteiger partial charge in [0.15, 0.2) is 5.76 Å². The van der Waals surface area contributed by atoms with Crippen molar-refractivity contribution >= 4 is 23.2 Å². The summed E-state index contributed by atoms with van der Waals surface area (Å²) in [6.45, 7) is 3.12. The summed E-state index contributed by atoms with van der Waals surface area (Å²) in [7, 11) is 0. The molecule has 0 amide bonds. The number of hydrogen-bond donors (Lipinski definition) is 1. The summed E-state index contributed by atoms with van der Waals surface area (Å²) in [4.78, 5) is 12.4. The number of allylic oxidation sites excluding steroid dienone is 2. The number of rotatable bonds is 7. The van der Waals surface area contributed by atoms with Gasteiger partial charge in [0, 0.05) is 24.9 Å². The Bertz CT molecular complexity index is 839. The number of imidazole rings is 1. The van der Waals surface area contributed by atoms with E-state index in [-0.39, 0.29) is 5.92 Å². The maximum atomic E-state index is 8.36. The van der Waals surface area contributed by atoms with E-state index < -0.39 is 10.1 Å². The number of ether oxygens (including phenoxy) is 2. The normalized spacial score (nSPS) is 20.6. The van der Waals surface area contributed by atoms with Gasteiger partial charge in [-0.25, -0.2) is 4.98 Å². The minimum atomic E-state index is -1.50. The van der Waals surface area contributed by atoms with E-state index in [0.29, 0.717) is 23.1 Å². The minimum Gasteiger partial charge on any atom is -0.491 e. The molecule has 3 rings (SSSR count). The molecule has 156 valence electrons. The molecule has 1 heterocycles. The van der Waals surface area contributed by atoms with E-state index in [1.165, 1.54) is 0 Å². The zero-order valence-corrected chi connectivity index (χ0v) is 17.2. The number of nitrogens with zero attached hydrogens (tertiary/aromatic N) is 3. The van der Waals surface area contributed by atoms with Crippen LogP contribution in [0.3, 0.4) is 0 Å². The minimum absolute atomic E-state index is 0.110. The van der Waals surface area contributed by atoms with Crippen LogP contribution in [0.25, 0.3) is 0 Å². The third kappa shape index (κ3) is 6.40. The summed E-state index contributed by atoms with van der Waals surface area (Å²) in [5.74, 6) is 1.02. The fraction of sp³-hybridized carbons (Fsp3) is 0.316. The Kier molecular flexibility index (Phi) is 8.35. The maximum Gasteiger partial charge on any atom is 0.291 e. The Morgan fingerprint density at radius 3 is 2.66 bits per heavy atom. The van der Waals surface area contributed by atoms with Gasteiger partial charge in [0.05, 0.1) is 18.0 Å². The molecular weight excluding hydrogens is 421 g/mol. The van der Waals surface area contributed by atoms with Crippen LogP contribution in [-0.2, 0) is 11.3 Å². The highest BCUT2D eigenvalue weighted by atomic mass is 35.5. The number of halogens is 2. The molecule has 8 nitrogen and oxygen atoms in total. The predicted octanol–water partition coefficient (Wildman–Crippen LogP) is 4.61. The number of benzene rings is 1. The van der Waals surface area contributed by atoms with Crippen LogP contribution < -0.4 is 4.74 Å². The van der Waals surface area contributed by atoms with Crippen LogP contribution in [0.2, 0.25) is 0 Å². The van der Waals surface area contributed by atoms with Gasteiger partial charge < -0.3 is 19.2 Å². The van der Waals surface area contributed by atoms with Crippen molar-refractivity contribution < 1.29 is 19.8 Å². The Balaban J connectivity index is 0.000000687. The third-order valence-corrected chi connectivity index (χ3v) is 4.86. The van der Waals surface area contributed by atoms with Crippen molar-refractivity contribution in [1.82, 2.24) is 9.55 Å². The van der Waals surface area contributed by atoms with E-state index in [1.807, 2.05) is 60.2 Å². The molecule has 0 bridgehead atoms. The topological polar surface area (TPSA) is 99.7 Å². The standard InChI is InChI=1S/C19H20Cl2N2O2.HNO3/c1-2-24-18-17(20)9-8-15(10-12-23-13-11-22-14-23)19(18,21)25-16-6-4-3-5-7-16;2-1(3)4/h3-9,11,13-15H,2,10,12H2,1H3;(H,2,3,4). The van der Waals surface area contributed by atoms with Gasteiger partial charge >= 0.3 is 0 Å². The van der Waals surface area contributed by atoms with Crippen LogP contribution >= 0.6 is 23.2 Å². The van der Waals surface area contributed by atoms with E-state index in [4.69, 9.17) is 48.0 Å². The lowest BCUT2D eigenvalue weighted by molar-refractivity contribution is -0.742. The summed E-state index contributed by atoms with van der Waals surface area (Å²) in [6, 6.07) is 9.47. The number of aromatic nitrogens is 2. The molecule has 1 N–H and O–H groups in total. The molecule has 0 radical (unpaired) electrons. The Morgan fingerprint density at radius 2 is 2.07 bits per heavy atom. The molecule has 1 aromatic heterocycles. The number of para-hydroxylation sites is 1. The smallest absolute Gasteiger partial charge is 0.291 e. The Labute approximate surface area is 178 Å². The van der Waals surface area contributed by atoms with E-state index in [0.717, 1.165) is 13.0 Å². The van der Waals surface area contributed by atoms with Crippen molar-refractivity contribution in [1.29, 1.82) is 0 Å². The molecule has 0 fully saturated rings. The molecule has 0 saturated carbocycles. The van der Waals surface area contributed by atoms with Crippen molar-refractivity contribution in [2.75, 3.05) is 6.61 Å². The third-order valence-electron chi connectivity index (χ3n) is 4.03. The summed E-state index contributed by atoms with van der Waals surface area (Å²) < 4.78 is 14.0. The molecule has 29 heavy (non-hydrogen) atoms. The first-order valence-electron chi connectivity index (χ1n) is 8.80. The molecule has 10 heteroatoms. The molecule has 2 aromatic rings. The fourth-order valence-corrected chi connectivity index (χ4v) is 3.56. The summed E-state index contributed by atoms with van der Waals surface area (Å²) in [6.07, 6.45) is 10.0. The molecule has 2 unspecified atom stereocenters. The van der Waals surface area contributed by atoms with Gasteiger partial charge in [-0.3, -0.25) is 0 Å². The summed E-state index contributed by atoms with van der Waals surface area (Å²) in [5.41, 5.74) is 0. The van der Waals surface area contributed by atoms with Crippen LogP contribution in [0.4, 0.5) is 0 Å². The van der Waals surface area contributed by atoms with Crippen molar-refractivity contribution in [3.05, 3.63) is 82.1 Å². The van der Waals surface area contributed by atoms with Gasteiger partial charge in [0.1, 0.15) is 5.75 Å². The van der Waals surface area contributed by atoms with Crippen LogP contribution in [0.15, 0.2) is 72.0 Å². The fourth-order valence-electron chi connectivity index (χ4n) is 2.81. The summed E-state index contributed by atoms with van der Waals surface area (Å²) in [5, 5.41) is 12.9. The predicted molar refractivity (Wildman–Crippen MR) is 108 cm³/mol. The van der Waals surface area contributed by atoms with Crippen molar-refractivity contribution in [3.63, 3.8) is 0 Å².